The number of anilines is 1. The Morgan fingerprint density at radius 1 is 1.12 bits per heavy atom. The Hall–Kier alpha value is -3.03. The van der Waals surface area contributed by atoms with Gasteiger partial charge in [0, 0.05) is 23.1 Å². The van der Waals surface area contributed by atoms with Crippen LogP contribution in [-0.2, 0) is 17.8 Å². The Bertz CT molecular complexity index is 1190. The number of halogens is 2. The van der Waals surface area contributed by atoms with Crippen molar-refractivity contribution in [3.8, 4) is 0 Å². The van der Waals surface area contributed by atoms with Crippen molar-refractivity contribution in [3.05, 3.63) is 80.5 Å². The number of fused-ring (bicyclic) bond motifs is 1. The van der Waals surface area contributed by atoms with Crippen molar-refractivity contribution in [2.75, 3.05) is 18.6 Å². The fourth-order valence-electron chi connectivity index (χ4n) is 4.09. The molecule has 1 atom stereocenters. The lowest BCUT2D eigenvalue weighted by Crippen LogP contribution is -2.29. The summed E-state index contributed by atoms with van der Waals surface area (Å²) >= 11 is 12.3. The van der Waals surface area contributed by atoms with Crippen LogP contribution in [0, 0.1) is 6.92 Å². The average molecular weight is 487 g/mol. The van der Waals surface area contributed by atoms with Gasteiger partial charge in [-0.25, -0.2) is 9.48 Å². The predicted octanol–water partition coefficient (Wildman–Crippen LogP) is 4.80. The van der Waals surface area contributed by atoms with Gasteiger partial charge in [-0.1, -0.05) is 35.3 Å². The number of carbonyl (C=O) groups excluding carboxylic acids is 2. The molecule has 0 radical (unpaired) electrons. The van der Waals surface area contributed by atoms with Crippen LogP contribution in [0.5, 0.6) is 0 Å². The number of amides is 1. The maximum atomic E-state index is 13.3. The van der Waals surface area contributed by atoms with E-state index in [0.717, 1.165) is 23.5 Å². The van der Waals surface area contributed by atoms with E-state index in [1.54, 1.807) is 18.2 Å². The molecule has 1 N–H and O–H groups in total. The van der Waals surface area contributed by atoms with Crippen molar-refractivity contribution in [1.82, 2.24) is 15.1 Å². The summed E-state index contributed by atoms with van der Waals surface area (Å²) in [7, 11) is 1.34. The monoisotopic (exact) mass is 486 g/mol. The molecule has 2 heterocycles. The van der Waals surface area contributed by atoms with Crippen LogP contribution >= 0.6 is 23.2 Å². The highest BCUT2D eigenvalue weighted by atomic mass is 35.5. The zero-order valence-corrected chi connectivity index (χ0v) is 20.1. The second-order valence-corrected chi connectivity index (χ2v) is 8.89. The van der Waals surface area contributed by atoms with Crippen LogP contribution in [0.4, 0.5) is 5.82 Å². The van der Waals surface area contributed by atoms with Gasteiger partial charge in [-0.3, -0.25) is 4.79 Å². The Morgan fingerprint density at radius 3 is 2.42 bits per heavy atom. The number of methoxy groups -OCH3 is 1. The zero-order chi connectivity index (χ0) is 23.7. The van der Waals surface area contributed by atoms with E-state index in [4.69, 9.17) is 27.9 Å². The third-order valence-electron chi connectivity index (χ3n) is 5.68. The Balaban J connectivity index is 1.54. The molecule has 33 heavy (non-hydrogen) atoms. The number of nitrogens with one attached hydrogen (secondary N) is 1. The van der Waals surface area contributed by atoms with Crippen LogP contribution in [0.25, 0.3) is 0 Å². The van der Waals surface area contributed by atoms with Gasteiger partial charge in [0.05, 0.1) is 31.0 Å². The smallest absolute Gasteiger partial charge is 0.337 e. The molecule has 4 rings (SSSR count). The van der Waals surface area contributed by atoms with Crippen molar-refractivity contribution in [1.29, 1.82) is 0 Å². The van der Waals surface area contributed by atoms with Crippen molar-refractivity contribution in [2.45, 2.75) is 33.0 Å². The van der Waals surface area contributed by atoms with E-state index in [1.165, 1.54) is 7.11 Å². The van der Waals surface area contributed by atoms with Crippen LogP contribution in [0.1, 0.15) is 50.5 Å². The molecule has 0 saturated heterocycles. The molecule has 1 amide bonds. The number of nitrogens with zero attached hydrogens (tertiary/aromatic N) is 3. The fraction of sp³-hybridized carbons (Fsp3) is 0.292. The van der Waals surface area contributed by atoms with Crippen LogP contribution in [0.2, 0.25) is 10.0 Å². The number of rotatable bonds is 6. The normalized spacial score (nSPS) is 13.5. The summed E-state index contributed by atoms with van der Waals surface area (Å²) < 4.78 is 6.60. The zero-order valence-electron chi connectivity index (χ0n) is 18.6. The highest BCUT2D eigenvalue weighted by Crippen LogP contribution is 2.31. The lowest BCUT2D eigenvalue weighted by Gasteiger charge is -2.20. The fourth-order valence-corrected chi connectivity index (χ4v) is 4.66. The van der Waals surface area contributed by atoms with Gasteiger partial charge in [-0.2, -0.15) is 5.10 Å². The number of hydrogen-bond acceptors (Lipinski definition) is 5. The van der Waals surface area contributed by atoms with Crippen molar-refractivity contribution < 1.29 is 14.3 Å². The lowest BCUT2D eigenvalue weighted by atomic mass is 10.1. The largest absolute Gasteiger partial charge is 0.465 e. The molecule has 0 fully saturated rings. The summed E-state index contributed by atoms with van der Waals surface area (Å²) in [6, 6.07) is 12.2. The van der Waals surface area contributed by atoms with Crippen LogP contribution < -0.4 is 10.2 Å². The molecule has 1 aliphatic heterocycles. The number of esters is 1. The van der Waals surface area contributed by atoms with Crippen LogP contribution in [0.15, 0.2) is 42.5 Å². The number of aromatic nitrogens is 2. The first kappa shape index (κ1) is 23.1. The van der Waals surface area contributed by atoms with Gasteiger partial charge in [0.15, 0.2) is 0 Å². The van der Waals surface area contributed by atoms with Gasteiger partial charge in [-0.05, 0) is 55.3 Å². The van der Waals surface area contributed by atoms with Gasteiger partial charge in [0.2, 0.25) is 0 Å². The molecule has 1 aliphatic rings. The summed E-state index contributed by atoms with van der Waals surface area (Å²) in [5.74, 6) is 0.189. The lowest BCUT2D eigenvalue weighted by molar-refractivity contribution is 0.0600. The van der Waals surface area contributed by atoms with Gasteiger partial charge in [-0.15, -0.1) is 0 Å². The minimum absolute atomic E-state index is 0.200. The summed E-state index contributed by atoms with van der Waals surface area (Å²) in [5.41, 5.74) is 3.53. The van der Waals surface area contributed by atoms with E-state index in [0.29, 0.717) is 40.0 Å². The number of ether oxygens (including phenoxy) is 1. The molecule has 2 aromatic carbocycles. The van der Waals surface area contributed by atoms with E-state index in [9.17, 15) is 9.59 Å². The number of benzene rings is 2. The molecule has 9 heteroatoms. The minimum atomic E-state index is -0.398. The molecule has 0 spiro atoms. The molecule has 1 aromatic heterocycles. The van der Waals surface area contributed by atoms with E-state index >= 15 is 0 Å². The van der Waals surface area contributed by atoms with Crippen LogP contribution in [0.3, 0.4) is 0 Å². The average Bonchev–Trinajstić information content (AvgIpc) is 3.30. The van der Waals surface area contributed by atoms with Crippen molar-refractivity contribution in [2.24, 2.45) is 0 Å². The second kappa shape index (κ2) is 9.45. The van der Waals surface area contributed by atoms with Crippen molar-refractivity contribution in [3.63, 3.8) is 0 Å². The molecule has 0 unspecified atom stereocenters. The number of carbonyl (C=O) groups is 2. The Labute approximate surface area is 202 Å². The van der Waals surface area contributed by atoms with E-state index in [-0.39, 0.29) is 11.9 Å². The molecule has 0 saturated carbocycles. The summed E-state index contributed by atoms with van der Waals surface area (Å²) in [6.45, 7) is 5.73. The van der Waals surface area contributed by atoms with Crippen molar-refractivity contribution >= 4 is 40.9 Å². The van der Waals surface area contributed by atoms with Gasteiger partial charge < -0.3 is 15.0 Å². The Morgan fingerprint density at radius 2 is 1.79 bits per heavy atom. The molecule has 7 nitrogen and oxygen atoms in total. The summed E-state index contributed by atoms with van der Waals surface area (Å²) in [4.78, 5) is 27.1. The van der Waals surface area contributed by atoms with E-state index in [1.807, 2.05) is 42.8 Å². The minimum Gasteiger partial charge on any atom is -0.465 e. The summed E-state index contributed by atoms with van der Waals surface area (Å²) in [5, 5.41) is 8.78. The van der Waals surface area contributed by atoms with Gasteiger partial charge in [0.25, 0.3) is 5.91 Å². The summed E-state index contributed by atoms with van der Waals surface area (Å²) in [6.07, 6.45) is 0. The van der Waals surface area contributed by atoms with Gasteiger partial charge in [0.1, 0.15) is 11.4 Å². The highest BCUT2D eigenvalue weighted by molar-refractivity contribution is 6.34. The third kappa shape index (κ3) is 4.84. The third-order valence-corrected chi connectivity index (χ3v) is 6.12. The maximum Gasteiger partial charge on any atom is 0.337 e. The molecular formula is C24H24Cl2N4O3. The predicted molar refractivity (Wildman–Crippen MR) is 128 cm³/mol. The van der Waals surface area contributed by atoms with Crippen LogP contribution in [-0.4, -0.2) is 35.3 Å². The molecule has 172 valence electrons. The van der Waals surface area contributed by atoms with E-state index in [2.05, 4.69) is 15.3 Å². The molecular weight excluding hydrogens is 463 g/mol. The quantitative estimate of drug-likeness (QED) is 0.506. The second-order valence-electron chi connectivity index (χ2n) is 8.02. The number of hydrogen-bond donors (Lipinski definition) is 1. The molecule has 3 aromatic rings. The standard InChI is InChI=1S/C24H24Cl2N4O3/c1-14(17-4-6-18(7-5-17)24(32)33-3)27-22(31)21-15(2)28-30-9-8-29(23(21)30)13-16-10-19(25)12-20(26)11-16/h4-7,10-12,14H,8-9,13H2,1-3H3,(H,27,31)/t14-/m0/s1. The topological polar surface area (TPSA) is 76.5 Å². The first-order valence-corrected chi connectivity index (χ1v) is 11.3. The molecule has 0 aliphatic carbocycles. The first-order chi connectivity index (χ1) is 15.8. The first-order valence-electron chi connectivity index (χ1n) is 10.5. The van der Waals surface area contributed by atoms with Gasteiger partial charge >= 0.3 is 5.97 Å². The Kier molecular flexibility index (Phi) is 6.63. The van der Waals surface area contributed by atoms with E-state index < -0.39 is 5.97 Å². The SMILES string of the molecule is COC(=O)c1ccc([C@H](C)NC(=O)c2c(C)nn3c2N(Cc2cc(Cl)cc(Cl)c2)CC3)cc1. The maximum absolute atomic E-state index is 13.3. The number of aryl methyl sites for hydroxylation is 1. The molecule has 0 bridgehead atoms. The highest BCUT2D eigenvalue weighted by Gasteiger charge is 2.30.